The second-order valence-corrected chi connectivity index (χ2v) is 9.61. The van der Waals surface area contributed by atoms with Gasteiger partial charge in [0.25, 0.3) is 10.0 Å². The Bertz CT molecular complexity index is 723. The van der Waals surface area contributed by atoms with Crippen LogP contribution in [0.25, 0.3) is 0 Å². The van der Waals surface area contributed by atoms with Crippen molar-refractivity contribution in [3.63, 3.8) is 0 Å². The molecule has 0 radical (unpaired) electrons. The van der Waals surface area contributed by atoms with Gasteiger partial charge in [0.2, 0.25) is 5.91 Å². The van der Waals surface area contributed by atoms with Gasteiger partial charge in [0, 0.05) is 18.0 Å². The predicted octanol–water partition coefficient (Wildman–Crippen LogP) is 1.69. The summed E-state index contributed by atoms with van der Waals surface area (Å²) in [5.74, 6) is -1.67. The Morgan fingerprint density at radius 2 is 1.96 bits per heavy atom. The second-order valence-electron chi connectivity index (χ2n) is 6.28. The Kier molecular flexibility index (Phi) is 6.59. The van der Waals surface area contributed by atoms with E-state index in [9.17, 15) is 23.1 Å². The van der Waals surface area contributed by atoms with Crippen molar-refractivity contribution in [1.82, 2.24) is 9.62 Å². The maximum absolute atomic E-state index is 12.5. The van der Waals surface area contributed by atoms with Crippen LogP contribution in [0.1, 0.15) is 38.0 Å². The third kappa shape index (κ3) is 4.80. The summed E-state index contributed by atoms with van der Waals surface area (Å²) in [4.78, 5) is 24.0. The fourth-order valence-corrected chi connectivity index (χ4v) is 5.74. The van der Waals surface area contributed by atoms with Crippen molar-refractivity contribution in [2.75, 3.05) is 13.1 Å². The molecule has 0 unspecified atom stereocenters. The average molecular weight is 389 g/mol. The molecule has 0 aliphatic carbocycles. The van der Waals surface area contributed by atoms with E-state index < -0.39 is 27.9 Å². The minimum absolute atomic E-state index is 0.0274. The van der Waals surface area contributed by atoms with Crippen LogP contribution in [0, 0.1) is 5.92 Å². The lowest BCUT2D eigenvalue weighted by Gasteiger charge is -2.19. The van der Waals surface area contributed by atoms with Crippen molar-refractivity contribution in [2.45, 2.75) is 49.8 Å². The normalized spacial score (nSPS) is 18.0. The van der Waals surface area contributed by atoms with E-state index in [1.54, 1.807) is 13.0 Å². The molecule has 1 fully saturated rings. The number of aliphatic carboxylic acids is 1. The van der Waals surface area contributed by atoms with Crippen LogP contribution in [0.2, 0.25) is 0 Å². The first-order chi connectivity index (χ1) is 11.8. The smallest absolute Gasteiger partial charge is 0.326 e. The summed E-state index contributed by atoms with van der Waals surface area (Å²) in [5.41, 5.74) is 0. The van der Waals surface area contributed by atoms with Gasteiger partial charge >= 0.3 is 5.97 Å². The minimum Gasteiger partial charge on any atom is -0.480 e. The van der Waals surface area contributed by atoms with E-state index in [-0.39, 0.29) is 16.5 Å². The molecule has 25 heavy (non-hydrogen) atoms. The topological polar surface area (TPSA) is 104 Å². The second kappa shape index (κ2) is 8.29. The molecule has 2 atom stereocenters. The lowest BCUT2D eigenvalue weighted by atomic mass is 9.99. The van der Waals surface area contributed by atoms with Crippen molar-refractivity contribution in [1.29, 1.82) is 0 Å². The van der Waals surface area contributed by atoms with Gasteiger partial charge in [-0.15, -0.1) is 11.3 Å². The molecule has 1 saturated heterocycles. The number of sulfonamides is 1. The van der Waals surface area contributed by atoms with E-state index >= 15 is 0 Å². The van der Waals surface area contributed by atoms with Crippen LogP contribution < -0.4 is 5.32 Å². The van der Waals surface area contributed by atoms with Crippen LogP contribution in [0.5, 0.6) is 0 Å². The molecule has 0 saturated carbocycles. The highest BCUT2D eigenvalue weighted by atomic mass is 32.2. The van der Waals surface area contributed by atoms with Gasteiger partial charge in [0.15, 0.2) is 0 Å². The van der Waals surface area contributed by atoms with Crippen molar-refractivity contribution < 1.29 is 23.1 Å². The van der Waals surface area contributed by atoms with Crippen molar-refractivity contribution >= 4 is 33.2 Å². The van der Waals surface area contributed by atoms with Gasteiger partial charge in [-0.25, -0.2) is 13.2 Å². The standard InChI is InChI=1S/C16H24N2O5S2/c1-3-11(2)15(16(20)21)17-13(19)10-12-6-7-14(24-12)25(22,23)18-8-4-5-9-18/h6-7,11,15H,3-5,8-10H2,1-2H3,(H,17,19)(H,20,21)/t11-,15-/m0/s1. The first kappa shape index (κ1) is 19.9. The summed E-state index contributed by atoms with van der Waals surface area (Å²) in [6.45, 7) is 4.70. The fraction of sp³-hybridized carbons (Fsp3) is 0.625. The van der Waals surface area contributed by atoms with E-state index in [0.29, 0.717) is 24.4 Å². The highest BCUT2D eigenvalue weighted by Crippen LogP contribution is 2.27. The summed E-state index contributed by atoms with van der Waals surface area (Å²) < 4.78 is 26.7. The van der Waals surface area contributed by atoms with Crippen molar-refractivity contribution in [3.05, 3.63) is 17.0 Å². The summed E-state index contributed by atoms with van der Waals surface area (Å²) in [6.07, 6.45) is 2.34. The number of hydrogen-bond acceptors (Lipinski definition) is 5. The lowest BCUT2D eigenvalue weighted by molar-refractivity contribution is -0.143. The van der Waals surface area contributed by atoms with E-state index in [1.165, 1.54) is 10.4 Å². The number of hydrogen-bond donors (Lipinski definition) is 2. The van der Waals surface area contributed by atoms with Crippen LogP contribution in [0.3, 0.4) is 0 Å². The number of carbonyl (C=O) groups is 2. The van der Waals surface area contributed by atoms with Gasteiger partial charge in [0.05, 0.1) is 6.42 Å². The quantitative estimate of drug-likeness (QED) is 0.705. The van der Waals surface area contributed by atoms with Gasteiger partial charge in [-0.3, -0.25) is 4.79 Å². The first-order valence-electron chi connectivity index (χ1n) is 8.36. The molecular formula is C16H24N2O5S2. The third-order valence-electron chi connectivity index (χ3n) is 4.43. The van der Waals surface area contributed by atoms with E-state index in [0.717, 1.165) is 24.2 Å². The van der Waals surface area contributed by atoms with Crippen molar-refractivity contribution in [2.24, 2.45) is 5.92 Å². The van der Waals surface area contributed by atoms with E-state index in [1.807, 2.05) is 6.92 Å². The summed E-state index contributed by atoms with van der Waals surface area (Å²) >= 11 is 1.07. The van der Waals surface area contributed by atoms with Crippen LogP contribution in [0.15, 0.2) is 16.3 Å². The zero-order valence-corrected chi connectivity index (χ0v) is 16.0. The fourth-order valence-electron chi connectivity index (χ4n) is 2.71. The van der Waals surface area contributed by atoms with E-state index in [4.69, 9.17) is 0 Å². The summed E-state index contributed by atoms with van der Waals surface area (Å²) in [6, 6.07) is 2.20. The highest BCUT2D eigenvalue weighted by Gasteiger charge is 2.29. The molecule has 1 aliphatic heterocycles. The third-order valence-corrected chi connectivity index (χ3v) is 7.88. The number of carbonyl (C=O) groups excluding carboxylic acids is 1. The SMILES string of the molecule is CC[C@H](C)[C@H](NC(=O)Cc1ccc(S(=O)(=O)N2CCCC2)s1)C(=O)O. The molecule has 0 aromatic carbocycles. The summed E-state index contributed by atoms with van der Waals surface area (Å²) in [5, 5.41) is 11.8. The minimum atomic E-state index is -3.48. The number of thiophene rings is 1. The van der Waals surface area contributed by atoms with E-state index in [2.05, 4.69) is 5.32 Å². The van der Waals surface area contributed by atoms with Gasteiger partial charge in [0.1, 0.15) is 10.3 Å². The van der Waals surface area contributed by atoms with Gasteiger partial charge in [-0.1, -0.05) is 20.3 Å². The Labute approximate surface area is 152 Å². The molecule has 140 valence electrons. The Balaban J connectivity index is 2.03. The Morgan fingerprint density at radius 3 is 2.52 bits per heavy atom. The zero-order chi connectivity index (χ0) is 18.6. The number of nitrogens with one attached hydrogen (secondary N) is 1. The lowest BCUT2D eigenvalue weighted by Crippen LogP contribution is -2.45. The maximum atomic E-state index is 12.5. The summed E-state index contributed by atoms with van der Waals surface area (Å²) in [7, 11) is -3.48. The number of carboxylic acids is 1. The largest absolute Gasteiger partial charge is 0.480 e. The molecule has 0 spiro atoms. The number of amides is 1. The van der Waals surface area contributed by atoms with Crippen molar-refractivity contribution in [3.8, 4) is 0 Å². The molecule has 1 aromatic rings. The van der Waals surface area contributed by atoms with Crippen LogP contribution in [-0.4, -0.2) is 48.8 Å². The average Bonchev–Trinajstić information content (AvgIpc) is 3.23. The number of rotatable bonds is 8. The molecule has 9 heteroatoms. The molecule has 1 aliphatic rings. The van der Waals surface area contributed by atoms with Gasteiger partial charge < -0.3 is 10.4 Å². The highest BCUT2D eigenvalue weighted by molar-refractivity contribution is 7.91. The molecular weight excluding hydrogens is 364 g/mol. The Hall–Kier alpha value is -1.45. The molecule has 1 aromatic heterocycles. The number of nitrogens with zero attached hydrogens (tertiary/aromatic N) is 1. The monoisotopic (exact) mass is 388 g/mol. The molecule has 1 amide bonds. The number of carboxylic acid groups (broad SMARTS) is 1. The van der Waals surface area contributed by atoms with Crippen LogP contribution in [-0.2, 0) is 26.0 Å². The zero-order valence-electron chi connectivity index (χ0n) is 14.4. The van der Waals surface area contributed by atoms with Crippen LogP contribution in [0.4, 0.5) is 0 Å². The molecule has 2 N–H and O–H groups in total. The van der Waals surface area contributed by atoms with Gasteiger partial charge in [-0.2, -0.15) is 4.31 Å². The first-order valence-corrected chi connectivity index (χ1v) is 10.6. The predicted molar refractivity (Wildman–Crippen MR) is 95.0 cm³/mol. The maximum Gasteiger partial charge on any atom is 0.326 e. The molecule has 0 bridgehead atoms. The van der Waals surface area contributed by atoms with Gasteiger partial charge in [-0.05, 0) is 30.9 Å². The van der Waals surface area contributed by atoms with Crippen LogP contribution >= 0.6 is 11.3 Å². The molecule has 7 nitrogen and oxygen atoms in total. The molecule has 2 rings (SSSR count). The molecule has 2 heterocycles. The Morgan fingerprint density at radius 1 is 1.32 bits per heavy atom.